The average molecular weight is 155 g/mol. The summed E-state index contributed by atoms with van der Waals surface area (Å²) in [6.45, 7) is 4.47. The van der Waals surface area contributed by atoms with Crippen molar-refractivity contribution in [2.45, 2.75) is 13.3 Å². The quantitative estimate of drug-likeness (QED) is 0.457. The van der Waals surface area contributed by atoms with E-state index in [0.29, 0.717) is 0 Å². The molecule has 0 spiro atoms. The van der Waals surface area contributed by atoms with Gasteiger partial charge in [-0.3, -0.25) is 9.59 Å². The summed E-state index contributed by atoms with van der Waals surface area (Å²) in [6.07, 6.45) is 2.77. The predicted octanol–water partition coefficient (Wildman–Crippen LogP) is 0.240. The number of aliphatic hydroxyl groups excluding tert-OH is 1. The van der Waals surface area contributed by atoms with Gasteiger partial charge in [0.25, 0.3) is 0 Å². The van der Waals surface area contributed by atoms with Crippen molar-refractivity contribution in [2.75, 3.05) is 6.61 Å². The Morgan fingerprint density at radius 3 is 2.64 bits per heavy atom. The molecule has 11 heavy (non-hydrogen) atoms. The Balaban J connectivity index is 4.43. The smallest absolute Gasteiger partial charge is 0.213 e. The molecule has 0 amide bonds. The average Bonchev–Trinajstić information content (AvgIpc) is 2.03. The van der Waals surface area contributed by atoms with E-state index in [9.17, 15) is 9.59 Å². The molecule has 1 radical (unpaired) electrons. The number of ketones is 1. The van der Waals surface area contributed by atoms with Gasteiger partial charge >= 0.3 is 0 Å². The lowest BCUT2D eigenvalue weighted by molar-refractivity contribution is -0.120. The molecule has 61 valence electrons. The Kier molecular flexibility index (Phi) is 3.68. The first-order chi connectivity index (χ1) is 5.10. The van der Waals surface area contributed by atoms with Crippen molar-refractivity contribution in [2.24, 2.45) is 5.41 Å². The number of aliphatic hydroxyl groups is 1. The maximum absolute atomic E-state index is 11.0. The van der Waals surface area contributed by atoms with Crippen molar-refractivity contribution < 1.29 is 14.7 Å². The fraction of sp³-hybridized carbons (Fsp3) is 0.500. The van der Waals surface area contributed by atoms with Gasteiger partial charge in [0.05, 0.1) is 5.41 Å². The third-order valence-corrected chi connectivity index (χ3v) is 1.57. The van der Waals surface area contributed by atoms with Crippen LogP contribution in [-0.4, -0.2) is 23.8 Å². The minimum absolute atomic E-state index is 0.0986. The van der Waals surface area contributed by atoms with E-state index in [1.165, 1.54) is 6.92 Å². The normalized spacial score (nSPS) is 15.1. The molecule has 0 heterocycles. The van der Waals surface area contributed by atoms with Crippen LogP contribution in [-0.2, 0) is 9.59 Å². The molecule has 0 saturated heterocycles. The van der Waals surface area contributed by atoms with Crippen molar-refractivity contribution in [3.05, 3.63) is 12.7 Å². The van der Waals surface area contributed by atoms with E-state index in [-0.39, 0.29) is 13.0 Å². The lowest BCUT2D eigenvalue weighted by Crippen LogP contribution is -2.28. The molecule has 1 atom stereocenters. The zero-order valence-electron chi connectivity index (χ0n) is 6.46. The Morgan fingerprint density at radius 1 is 1.82 bits per heavy atom. The largest absolute Gasteiger partial charge is 0.396 e. The molecule has 0 aromatic carbocycles. The second kappa shape index (κ2) is 4.03. The second-order valence-corrected chi connectivity index (χ2v) is 2.48. The van der Waals surface area contributed by atoms with Crippen LogP contribution in [0, 0.1) is 5.41 Å². The summed E-state index contributed by atoms with van der Waals surface area (Å²) in [4.78, 5) is 21.3. The highest BCUT2D eigenvalue weighted by Gasteiger charge is 2.30. The van der Waals surface area contributed by atoms with E-state index in [1.807, 2.05) is 0 Å². The van der Waals surface area contributed by atoms with Crippen molar-refractivity contribution in [3.8, 4) is 0 Å². The van der Waals surface area contributed by atoms with Crippen LogP contribution in [0.25, 0.3) is 0 Å². The van der Waals surface area contributed by atoms with E-state index in [2.05, 4.69) is 6.58 Å². The van der Waals surface area contributed by atoms with Crippen molar-refractivity contribution in [1.29, 1.82) is 0 Å². The number of rotatable bonds is 5. The van der Waals surface area contributed by atoms with E-state index in [4.69, 9.17) is 5.11 Å². The molecule has 0 aliphatic carbocycles. The maximum atomic E-state index is 11.0. The lowest BCUT2D eigenvalue weighted by atomic mass is 9.84. The zero-order chi connectivity index (χ0) is 8.91. The van der Waals surface area contributed by atoms with Gasteiger partial charge in [0, 0.05) is 6.61 Å². The topological polar surface area (TPSA) is 54.4 Å². The minimum Gasteiger partial charge on any atom is -0.396 e. The summed E-state index contributed by atoms with van der Waals surface area (Å²) in [5.74, 6) is -0.401. The molecule has 3 heteroatoms. The third kappa shape index (κ3) is 2.27. The minimum atomic E-state index is -1.21. The fourth-order valence-electron chi connectivity index (χ4n) is 0.673. The lowest BCUT2D eigenvalue weighted by Gasteiger charge is -2.16. The van der Waals surface area contributed by atoms with Gasteiger partial charge in [-0.05, 0) is 19.4 Å². The third-order valence-electron chi connectivity index (χ3n) is 1.57. The van der Waals surface area contributed by atoms with Gasteiger partial charge in [0.1, 0.15) is 0 Å². The summed E-state index contributed by atoms with van der Waals surface area (Å²) in [6, 6.07) is 0. The molecule has 3 nitrogen and oxygen atoms in total. The van der Waals surface area contributed by atoms with Crippen LogP contribution in [0.2, 0.25) is 0 Å². The molecule has 0 aromatic rings. The van der Waals surface area contributed by atoms with Crippen molar-refractivity contribution in [1.82, 2.24) is 0 Å². The molecule has 0 aliphatic heterocycles. The highest BCUT2D eigenvalue weighted by atomic mass is 16.3. The van der Waals surface area contributed by atoms with Crippen LogP contribution in [0.5, 0.6) is 0 Å². The molecular weight excluding hydrogens is 144 g/mol. The van der Waals surface area contributed by atoms with Crippen LogP contribution in [0.4, 0.5) is 0 Å². The summed E-state index contributed by atoms with van der Waals surface area (Å²) in [5.41, 5.74) is -1.21. The Bertz CT molecular complexity index is 174. The molecule has 0 bridgehead atoms. The first-order valence-corrected chi connectivity index (χ1v) is 3.27. The monoisotopic (exact) mass is 155 g/mol. The molecule has 1 unspecified atom stereocenters. The predicted molar refractivity (Wildman–Crippen MR) is 40.7 cm³/mol. The van der Waals surface area contributed by atoms with Crippen molar-refractivity contribution in [3.63, 3.8) is 0 Å². The van der Waals surface area contributed by atoms with Crippen LogP contribution < -0.4 is 0 Å². The van der Waals surface area contributed by atoms with Crippen molar-refractivity contribution >= 4 is 12.1 Å². The van der Waals surface area contributed by atoms with E-state index in [0.717, 1.165) is 6.08 Å². The Labute approximate surface area is 65.7 Å². The SMILES string of the molecule is C=CC(=O)C(C)([C]=O)CCO. The summed E-state index contributed by atoms with van der Waals surface area (Å²) >= 11 is 0. The first-order valence-electron chi connectivity index (χ1n) is 3.27. The first kappa shape index (κ1) is 10.0. The molecule has 0 rings (SSSR count). The highest BCUT2D eigenvalue weighted by molar-refractivity contribution is 6.04. The molecule has 1 N–H and O–H groups in total. The van der Waals surface area contributed by atoms with Gasteiger partial charge in [0.15, 0.2) is 5.78 Å². The molecule has 0 aliphatic rings. The van der Waals surface area contributed by atoms with Crippen LogP contribution in [0.1, 0.15) is 13.3 Å². The van der Waals surface area contributed by atoms with Gasteiger partial charge in [-0.25, -0.2) is 0 Å². The number of hydrogen-bond acceptors (Lipinski definition) is 3. The van der Waals surface area contributed by atoms with Gasteiger partial charge in [-0.1, -0.05) is 6.58 Å². The standard InChI is InChI=1S/C8H11O3/c1-3-7(11)8(2,6-10)4-5-9/h3,9H,1,4-5H2,2H3. The Morgan fingerprint density at radius 2 is 2.36 bits per heavy atom. The number of carbonyl (C=O) groups excluding carboxylic acids is 2. The zero-order valence-corrected chi connectivity index (χ0v) is 6.46. The molecule has 0 aromatic heterocycles. The molecular formula is C8H11O3. The molecule has 0 saturated carbocycles. The summed E-state index contributed by atoms with van der Waals surface area (Å²) in [5, 5.41) is 8.51. The number of carbonyl (C=O) groups is 1. The summed E-state index contributed by atoms with van der Waals surface area (Å²) < 4.78 is 0. The Hall–Kier alpha value is -0.960. The number of allylic oxidation sites excluding steroid dienone is 1. The van der Waals surface area contributed by atoms with E-state index in [1.54, 1.807) is 6.29 Å². The highest BCUT2D eigenvalue weighted by Crippen LogP contribution is 2.19. The van der Waals surface area contributed by atoms with Crippen LogP contribution >= 0.6 is 0 Å². The van der Waals surface area contributed by atoms with Gasteiger partial charge in [-0.2, -0.15) is 0 Å². The van der Waals surface area contributed by atoms with Crippen LogP contribution in [0.15, 0.2) is 12.7 Å². The van der Waals surface area contributed by atoms with Gasteiger partial charge in [0.2, 0.25) is 6.29 Å². The number of hydrogen-bond donors (Lipinski definition) is 1. The van der Waals surface area contributed by atoms with Crippen LogP contribution in [0.3, 0.4) is 0 Å². The van der Waals surface area contributed by atoms with E-state index < -0.39 is 11.2 Å². The second-order valence-electron chi connectivity index (χ2n) is 2.48. The fourth-order valence-corrected chi connectivity index (χ4v) is 0.673. The maximum Gasteiger partial charge on any atom is 0.213 e. The van der Waals surface area contributed by atoms with E-state index >= 15 is 0 Å². The summed E-state index contributed by atoms with van der Waals surface area (Å²) in [7, 11) is 0. The molecule has 0 fully saturated rings. The van der Waals surface area contributed by atoms with Gasteiger partial charge in [-0.15, -0.1) is 0 Å². The van der Waals surface area contributed by atoms with Gasteiger partial charge < -0.3 is 5.11 Å².